The number of hydrogen-bond donors (Lipinski definition) is 1. The third kappa shape index (κ3) is 3.54. The van der Waals surface area contributed by atoms with E-state index in [1.54, 1.807) is 0 Å². The smallest absolute Gasteiger partial charge is 0.226 e. The normalized spacial score (nSPS) is 11.1. The summed E-state index contributed by atoms with van der Waals surface area (Å²) in [5.41, 5.74) is 0. The van der Waals surface area contributed by atoms with Crippen molar-refractivity contribution in [2.75, 3.05) is 31.2 Å². The highest BCUT2D eigenvalue weighted by Gasteiger charge is 2.14. The molecule has 0 fully saturated rings. The van der Waals surface area contributed by atoms with Crippen molar-refractivity contribution >= 4 is 18.2 Å². The summed E-state index contributed by atoms with van der Waals surface area (Å²) in [6.45, 7) is 11.5. The summed E-state index contributed by atoms with van der Waals surface area (Å²) < 4.78 is 8.08. The fraction of sp³-hybridized carbons (Fsp3) is 0.818. The Morgan fingerprint density at radius 3 is 2.71 bits per heavy atom. The van der Waals surface area contributed by atoms with Crippen molar-refractivity contribution in [3.63, 3.8) is 0 Å². The number of nitrogens with one attached hydrogen (secondary N) is 1. The third-order valence-corrected chi connectivity index (χ3v) is 2.86. The molecule has 6 heteroatoms. The van der Waals surface area contributed by atoms with Crippen LogP contribution in [-0.2, 0) is 4.74 Å². The molecule has 0 radical (unpaired) electrons. The predicted molar refractivity (Wildman–Crippen MR) is 72.2 cm³/mol. The first-order chi connectivity index (χ1) is 8.11. The Kier molecular flexibility index (Phi) is 5.64. The molecule has 0 bridgehead atoms. The molecule has 1 rings (SSSR count). The van der Waals surface area contributed by atoms with Crippen molar-refractivity contribution in [1.29, 1.82) is 0 Å². The number of nitrogens with zero attached hydrogens (tertiary/aromatic N) is 3. The van der Waals surface area contributed by atoms with Gasteiger partial charge in [0.25, 0.3) is 0 Å². The second-order valence-electron chi connectivity index (χ2n) is 4.07. The molecule has 0 atom stereocenters. The van der Waals surface area contributed by atoms with Gasteiger partial charge in [0.2, 0.25) is 5.95 Å². The largest absolute Gasteiger partial charge is 0.380 e. The van der Waals surface area contributed by atoms with Gasteiger partial charge in [-0.2, -0.15) is 0 Å². The van der Waals surface area contributed by atoms with E-state index < -0.39 is 0 Å². The van der Waals surface area contributed by atoms with Gasteiger partial charge in [0.05, 0.1) is 6.61 Å². The molecule has 1 aromatic rings. The van der Waals surface area contributed by atoms with E-state index in [-0.39, 0.29) is 0 Å². The summed E-state index contributed by atoms with van der Waals surface area (Å²) in [4.78, 5) is 2.17. The first-order valence-electron chi connectivity index (χ1n) is 6.11. The SMILES string of the molecule is CCOCCN(CC)c1n[nH]c(=S)n1C(C)C. The quantitative estimate of drug-likeness (QED) is 0.602. The Hall–Kier alpha value is -0.880. The summed E-state index contributed by atoms with van der Waals surface area (Å²) in [6.07, 6.45) is 0. The van der Waals surface area contributed by atoms with Gasteiger partial charge in [-0.25, -0.2) is 5.10 Å². The molecule has 0 saturated carbocycles. The van der Waals surface area contributed by atoms with Gasteiger partial charge in [0.1, 0.15) is 0 Å². The van der Waals surface area contributed by atoms with Crippen molar-refractivity contribution < 1.29 is 4.74 Å². The minimum atomic E-state index is 0.303. The van der Waals surface area contributed by atoms with Gasteiger partial charge in [-0.15, -0.1) is 5.10 Å². The molecule has 1 aromatic heterocycles. The van der Waals surface area contributed by atoms with Crippen LogP contribution in [0.15, 0.2) is 0 Å². The van der Waals surface area contributed by atoms with Gasteiger partial charge in [-0.1, -0.05) is 0 Å². The Morgan fingerprint density at radius 2 is 2.18 bits per heavy atom. The Morgan fingerprint density at radius 1 is 1.47 bits per heavy atom. The second-order valence-corrected chi connectivity index (χ2v) is 4.46. The minimum absolute atomic E-state index is 0.303. The van der Waals surface area contributed by atoms with Crippen LogP contribution in [0.1, 0.15) is 33.7 Å². The molecular weight excluding hydrogens is 236 g/mol. The highest BCUT2D eigenvalue weighted by Crippen LogP contribution is 2.16. The zero-order chi connectivity index (χ0) is 12.8. The van der Waals surface area contributed by atoms with Crippen LogP contribution in [0.2, 0.25) is 0 Å². The molecule has 1 heterocycles. The fourth-order valence-corrected chi connectivity index (χ4v) is 2.04. The van der Waals surface area contributed by atoms with Crippen LogP contribution in [0.3, 0.4) is 0 Å². The average molecular weight is 258 g/mol. The van der Waals surface area contributed by atoms with Gasteiger partial charge in [0.15, 0.2) is 4.77 Å². The maximum absolute atomic E-state index is 5.38. The molecule has 0 aliphatic carbocycles. The summed E-state index contributed by atoms with van der Waals surface area (Å²) in [5, 5.41) is 7.16. The monoisotopic (exact) mass is 258 g/mol. The lowest BCUT2D eigenvalue weighted by atomic mass is 10.4. The summed E-state index contributed by atoms with van der Waals surface area (Å²) >= 11 is 5.24. The number of anilines is 1. The van der Waals surface area contributed by atoms with Crippen LogP contribution < -0.4 is 4.90 Å². The lowest BCUT2D eigenvalue weighted by Gasteiger charge is -2.23. The molecule has 17 heavy (non-hydrogen) atoms. The Balaban J connectivity index is 2.84. The van der Waals surface area contributed by atoms with Crippen LogP contribution in [0.25, 0.3) is 0 Å². The number of H-pyrrole nitrogens is 1. The Bertz CT molecular complexity index is 385. The summed E-state index contributed by atoms with van der Waals surface area (Å²) in [6, 6.07) is 0.303. The van der Waals surface area contributed by atoms with Crippen molar-refractivity contribution in [1.82, 2.24) is 14.8 Å². The lowest BCUT2D eigenvalue weighted by molar-refractivity contribution is 0.153. The van der Waals surface area contributed by atoms with E-state index in [1.165, 1.54) is 0 Å². The predicted octanol–water partition coefficient (Wildman–Crippen LogP) is 2.38. The van der Waals surface area contributed by atoms with E-state index in [4.69, 9.17) is 17.0 Å². The van der Waals surface area contributed by atoms with E-state index in [0.717, 1.165) is 25.6 Å². The molecular formula is C11H22N4OS. The van der Waals surface area contributed by atoms with Gasteiger partial charge >= 0.3 is 0 Å². The zero-order valence-corrected chi connectivity index (χ0v) is 11.9. The summed E-state index contributed by atoms with van der Waals surface area (Å²) in [7, 11) is 0. The van der Waals surface area contributed by atoms with Crippen LogP contribution >= 0.6 is 12.2 Å². The highest BCUT2D eigenvalue weighted by atomic mass is 32.1. The number of aromatic nitrogens is 3. The van der Waals surface area contributed by atoms with Gasteiger partial charge in [-0.05, 0) is 39.9 Å². The van der Waals surface area contributed by atoms with Crippen LogP contribution in [-0.4, -0.2) is 41.1 Å². The molecule has 0 unspecified atom stereocenters. The van der Waals surface area contributed by atoms with E-state index >= 15 is 0 Å². The van der Waals surface area contributed by atoms with Crippen molar-refractivity contribution in [3.05, 3.63) is 4.77 Å². The molecule has 0 amide bonds. The minimum Gasteiger partial charge on any atom is -0.380 e. The van der Waals surface area contributed by atoms with Gasteiger partial charge in [0, 0.05) is 25.7 Å². The first-order valence-corrected chi connectivity index (χ1v) is 6.52. The average Bonchev–Trinajstić information content (AvgIpc) is 2.66. The molecule has 0 spiro atoms. The van der Waals surface area contributed by atoms with E-state index in [1.807, 2.05) is 11.5 Å². The first kappa shape index (κ1) is 14.2. The van der Waals surface area contributed by atoms with Crippen LogP contribution in [0, 0.1) is 4.77 Å². The number of likely N-dealkylation sites (N-methyl/N-ethyl adjacent to an activating group) is 1. The Labute approximate surface area is 108 Å². The molecule has 0 aromatic carbocycles. The maximum Gasteiger partial charge on any atom is 0.226 e. The maximum atomic E-state index is 5.38. The molecule has 0 aliphatic rings. The fourth-order valence-electron chi connectivity index (χ4n) is 1.70. The lowest BCUT2D eigenvalue weighted by Crippen LogP contribution is -2.30. The molecule has 0 saturated heterocycles. The number of aromatic amines is 1. The number of hydrogen-bond acceptors (Lipinski definition) is 4. The van der Waals surface area contributed by atoms with Crippen molar-refractivity contribution in [2.45, 2.75) is 33.7 Å². The third-order valence-electron chi connectivity index (χ3n) is 2.58. The zero-order valence-electron chi connectivity index (χ0n) is 11.1. The molecule has 0 aliphatic heterocycles. The van der Waals surface area contributed by atoms with Crippen molar-refractivity contribution in [3.8, 4) is 0 Å². The van der Waals surface area contributed by atoms with E-state index in [0.29, 0.717) is 17.4 Å². The van der Waals surface area contributed by atoms with Gasteiger partial charge < -0.3 is 9.64 Å². The number of ether oxygens (including phenoxy) is 1. The van der Waals surface area contributed by atoms with Crippen LogP contribution in [0.5, 0.6) is 0 Å². The summed E-state index contributed by atoms with van der Waals surface area (Å²) in [5.74, 6) is 0.896. The highest BCUT2D eigenvalue weighted by molar-refractivity contribution is 7.71. The van der Waals surface area contributed by atoms with E-state index in [9.17, 15) is 0 Å². The van der Waals surface area contributed by atoms with Gasteiger partial charge in [-0.3, -0.25) is 4.57 Å². The molecule has 1 N–H and O–H groups in total. The van der Waals surface area contributed by atoms with E-state index in [2.05, 4.69) is 35.9 Å². The standard InChI is InChI=1S/C11H22N4OS/c1-5-14(7-8-16-6-2)10-12-13-11(17)15(10)9(3)4/h9H,5-8H2,1-4H3,(H,13,17). The molecule has 5 nitrogen and oxygen atoms in total. The molecule has 98 valence electrons. The second kappa shape index (κ2) is 6.76. The van der Waals surface area contributed by atoms with Crippen molar-refractivity contribution in [2.24, 2.45) is 0 Å². The van der Waals surface area contributed by atoms with Crippen LogP contribution in [0.4, 0.5) is 5.95 Å². The number of rotatable bonds is 7. The topological polar surface area (TPSA) is 46.1 Å².